The lowest BCUT2D eigenvalue weighted by Crippen LogP contribution is -1.96. The third-order valence-corrected chi connectivity index (χ3v) is 3.59. The number of aliphatic carboxylic acids is 1. The van der Waals surface area contributed by atoms with Crippen LogP contribution >= 0.6 is 22.9 Å². The maximum Gasteiger partial charge on any atom is 0.303 e. The number of carbonyl (C=O) groups is 1. The molecule has 0 unspecified atom stereocenters. The zero-order valence-electron chi connectivity index (χ0n) is 8.89. The molecule has 0 aliphatic heterocycles. The minimum Gasteiger partial charge on any atom is -0.481 e. The van der Waals surface area contributed by atoms with Gasteiger partial charge in [-0.2, -0.15) is 0 Å². The van der Waals surface area contributed by atoms with Crippen LogP contribution in [-0.2, 0) is 11.2 Å². The molecular formula is C12H10ClNO2S. The maximum absolute atomic E-state index is 10.4. The van der Waals surface area contributed by atoms with Crippen molar-refractivity contribution < 1.29 is 9.90 Å². The van der Waals surface area contributed by atoms with Crippen molar-refractivity contribution in [1.82, 2.24) is 4.98 Å². The van der Waals surface area contributed by atoms with Gasteiger partial charge >= 0.3 is 5.97 Å². The summed E-state index contributed by atoms with van der Waals surface area (Å²) in [5, 5.41) is 10.1. The number of carboxylic acid groups (broad SMARTS) is 1. The lowest BCUT2D eigenvalue weighted by molar-refractivity contribution is -0.136. The van der Waals surface area contributed by atoms with Crippen molar-refractivity contribution >= 4 is 28.9 Å². The molecule has 0 atom stereocenters. The molecule has 5 heteroatoms. The van der Waals surface area contributed by atoms with Crippen LogP contribution in [0.5, 0.6) is 0 Å². The highest BCUT2D eigenvalue weighted by atomic mass is 35.5. The standard InChI is InChI=1S/C12H10ClNO2S/c13-9-3-1-8(2-4-9)10-7-14-11(17-10)5-6-12(15)16/h1-4,7H,5-6H2,(H,15,16). The summed E-state index contributed by atoms with van der Waals surface area (Å²) in [7, 11) is 0. The molecule has 0 spiro atoms. The molecule has 3 nitrogen and oxygen atoms in total. The first-order chi connectivity index (χ1) is 8.15. The van der Waals surface area contributed by atoms with Gasteiger partial charge in [0.1, 0.15) is 0 Å². The van der Waals surface area contributed by atoms with E-state index in [-0.39, 0.29) is 6.42 Å². The lowest BCUT2D eigenvalue weighted by atomic mass is 10.2. The summed E-state index contributed by atoms with van der Waals surface area (Å²) in [6.07, 6.45) is 2.37. The fraction of sp³-hybridized carbons (Fsp3) is 0.167. The number of aromatic nitrogens is 1. The first kappa shape index (κ1) is 12.1. The Morgan fingerprint density at radius 3 is 2.71 bits per heavy atom. The highest BCUT2D eigenvalue weighted by molar-refractivity contribution is 7.15. The van der Waals surface area contributed by atoms with Gasteiger partial charge in [0.25, 0.3) is 0 Å². The van der Waals surface area contributed by atoms with E-state index in [2.05, 4.69) is 4.98 Å². The minimum atomic E-state index is -0.798. The van der Waals surface area contributed by atoms with Crippen LogP contribution in [0.25, 0.3) is 10.4 Å². The quantitative estimate of drug-likeness (QED) is 0.923. The average molecular weight is 268 g/mol. The van der Waals surface area contributed by atoms with E-state index in [1.165, 1.54) is 11.3 Å². The van der Waals surface area contributed by atoms with E-state index >= 15 is 0 Å². The second-order valence-electron chi connectivity index (χ2n) is 3.52. The molecule has 1 N–H and O–H groups in total. The van der Waals surface area contributed by atoms with E-state index in [0.29, 0.717) is 11.4 Å². The van der Waals surface area contributed by atoms with Gasteiger partial charge in [0.2, 0.25) is 0 Å². The Hall–Kier alpha value is -1.39. The molecule has 1 heterocycles. The third-order valence-electron chi connectivity index (χ3n) is 2.24. The van der Waals surface area contributed by atoms with E-state index < -0.39 is 5.97 Å². The molecule has 1 aromatic carbocycles. The fourth-order valence-corrected chi connectivity index (χ4v) is 2.44. The number of hydrogen-bond acceptors (Lipinski definition) is 3. The number of aryl methyl sites for hydroxylation is 1. The van der Waals surface area contributed by atoms with Crippen molar-refractivity contribution in [2.45, 2.75) is 12.8 Å². The number of halogens is 1. The van der Waals surface area contributed by atoms with Crippen molar-refractivity contribution in [3.63, 3.8) is 0 Å². The second-order valence-corrected chi connectivity index (χ2v) is 5.07. The smallest absolute Gasteiger partial charge is 0.303 e. The van der Waals surface area contributed by atoms with Gasteiger partial charge < -0.3 is 5.11 Å². The summed E-state index contributed by atoms with van der Waals surface area (Å²) < 4.78 is 0. The van der Waals surface area contributed by atoms with Crippen molar-refractivity contribution in [2.24, 2.45) is 0 Å². The Kier molecular flexibility index (Phi) is 3.76. The average Bonchev–Trinajstić information content (AvgIpc) is 2.76. The molecule has 0 bridgehead atoms. The molecule has 0 radical (unpaired) electrons. The number of carboxylic acids is 1. The Labute approximate surface area is 108 Å². The predicted molar refractivity (Wildman–Crippen MR) is 68.5 cm³/mol. The monoisotopic (exact) mass is 267 g/mol. The highest BCUT2D eigenvalue weighted by Crippen LogP contribution is 2.27. The SMILES string of the molecule is O=C(O)CCc1ncc(-c2ccc(Cl)cc2)s1. The van der Waals surface area contributed by atoms with Crippen LogP contribution in [0.1, 0.15) is 11.4 Å². The van der Waals surface area contributed by atoms with Gasteiger partial charge in [-0.05, 0) is 17.7 Å². The molecule has 2 aromatic rings. The van der Waals surface area contributed by atoms with E-state index in [4.69, 9.17) is 16.7 Å². The molecule has 0 saturated heterocycles. The van der Waals surface area contributed by atoms with Crippen LogP contribution < -0.4 is 0 Å². The second kappa shape index (κ2) is 5.29. The molecule has 1 aromatic heterocycles. The summed E-state index contributed by atoms with van der Waals surface area (Å²) in [6, 6.07) is 7.51. The Bertz CT molecular complexity index is 522. The number of benzene rings is 1. The van der Waals surface area contributed by atoms with E-state index in [1.807, 2.05) is 24.3 Å². The van der Waals surface area contributed by atoms with Gasteiger partial charge in [-0.15, -0.1) is 11.3 Å². The van der Waals surface area contributed by atoms with E-state index in [1.54, 1.807) is 6.20 Å². The number of hydrogen-bond donors (Lipinski definition) is 1. The minimum absolute atomic E-state index is 0.119. The van der Waals surface area contributed by atoms with Crippen LogP contribution in [0.3, 0.4) is 0 Å². The van der Waals surface area contributed by atoms with E-state index in [0.717, 1.165) is 15.4 Å². The highest BCUT2D eigenvalue weighted by Gasteiger charge is 2.06. The normalized spacial score (nSPS) is 10.4. The molecule has 17 heavy (non-hydrogen) atoms. The topological polar surface area (TPSA) is 50.2 Å². The fourth-order valence-electron chi connectivity index (χ4n) is 1.39. The third kappa shape index (κ3) is 3.28. The van der Waals surface area contributed by atoms with Crippen LogP contribution in [0, 0.1) is 0 Å². The maximum atomic E-state index is 10.4. The molecule has 88 valence electrons. The Balaban J connectivity index is 2.12. The van der Waals surface area contributed by atoms with Gasteiger partial charge in [0.15, 0.2) is 0 Å². The first-order valence-electron chi connectivity index (χ1n) is 5.07. The summed E-state index contributed by atoms with van der Waals surface area (Å²) in [5.41, 5.74) is 1.05. The lowest BCUT2D eigenvalue weighted by Gasteiger charge is -1.95. The van der Waals surface area contributed by atoms with Crippen molar-refractivity contribution in [2.75, 3.05) is 0 Å². The van der Waals surface area contributed by atoms with E-state index in [9.17, 15) is 4.79 Å². The van der Waals surface area contributed by atoms with Gasteiger partial charge in [-0.25, -0.2) is 4.98 Å². The van der Waals surface area contributed by atoms with Gasteiger partial charge in [-0.3, -0.25) is 4.79 Å². The Morgan fingerprint density at radius 2 is 2.06 bits per heavy atom. The van der Waals surface area contributed by atoms with Crippen molar-refractivity contribution in [3.8, 4) is 10.4 Å². The number of nitrogens with zero attached hydrogens (tertiary/aromatic N) is 1. The van der Waals surface area contributed by atoms with Gasteiger partial charge in [-0.1, -0.05) is 23.7 Å². The zero-order valence-corrected chi connectivity index (χ0v) is 10.5. The van der Waals surface area contributed by atoms with Gasteiger partial charge in [0, 0.05) is 17.6 Å². The van der Waals surface area contributed by atoms with Gasteiger partial charge in [0.05, 0.1) is 16.3 Å². The molecule has 2 rings (SSSR count). The number of rotatable bonds is 4. The Morgan fingerprint density at radius 1 is 1.35 bits per heavy atom. The van der Waals surface area contributed by atoms with Crippen LogP contribution in [-0.4, -0.2) is 16.1 Å². The largest absolute Gasteiger partial charge is 0.481 e. The first-order valence-corrected chi connectivity index (χ1v) is 6.27. The van der Waals surface area contributed by atoms with Crippen LogP contribution in [0.4, 0.5) is 0 Å². The molecule has 0 amide bonds. The van der Waals surface area contributed by atoms with Crippen molar-refractivity contribution in [3.05, 3.63) is 40.5 Å². The molecule has 0 fully saturated rings. The zero-order chi connectivity index (χ0) is 12.3. The summed E-state index contributed by atoms with van der Waals surface area (Å²) in [6.45, 7) is 0. The number of thiazole rings is 1. The molecule has 0 aliphatic carbocycles. The van der Waals surface area contributed by atoms with Crippen LogP contribution in [0.15, 0.2) is 30.5 Å². The molecule has 0 saturated carbocycles. The molecular weight excluding hydrogens is 258 g/mol. The predicted octanol–water partition coefficient (Wildman–Crippen LogP) is 3.48. The summed E-state index contributed by atoms with van der Waals surface area (Å²) >= 11 is 7.33. The van der Waals surface area contributed by atoms with Crippen LogP contribution in [0.2, 0.25) is 5.02 Å². The summed E-state index contributed by atoms with van der Waals surface area (Å²) in [5.74, 6) is -0.798. The van der Waals surface area contributed by atoms with Crippen molar-refractivity contribution in [1.29, 1.82) is 0 Å². The summed E-state index contributed by atoms with van der Waals surface area (Å²) in [4.78, 5) is 15.7. The molecule has 0 aliphatic rings.